The Kier molecular flexibility index (Phi) is 4.17. The van der Waals surface area contributed by atoms with Gasteiger partial charge in [0.15, 0.2) is 0 Å². The second-order valence-electron chi connectivity index (χ2n) is 4.20. The lowest BCUT2D eigenvalue weighted by Crippen LogP contribution is -2.04. The molecule has 0 fully saturated rings. The van der Waals surface area contributed by atoms with Crippen LogP contribution >= 0.6 is 15.9 Å². The van der Waals surface area contributed by atoms with Gasteiger partial charge in [0.2, 0.25) is 0 Å². The maximum Gasteiger partial charge on any atom is 0.132 e. The average molecular weight is 311 g/mol. The Morgan fingerprint density at radius 3 is 2.78 bits per heavy atom. The van der Waals surface area contributed by atoms with Crippen molar-refractivity contribution in [3.8, 4) is 0 Å². The van der Waals surface area contributed by atoms with Crippen molar-refractivity contribution in [1.29, 1.82) is 0 Å². The van der Waals surface area contributed by atoms with Crippen LogP contribution in [0.25, 0.3) is 10.9 Å². The summed E-state index contributed by atoms with van der Waals surface area (Å²) in [7, 11) is 0. The van der Waals surface area contributed by atoms with E-state index in [0.29, 0.717) is 10.9 Å². The van der Waals surface area contributed by atoms with Crippen molar-refractivity contribution in [2.75, 3.05) is 11.9 Å². The summed E-state index contributed by atoms with van der Waals surface area (Å²) in [5, 5.41) is 3.82. The smallest absolute Gasteiger partial charge is 0.132 e. The number of aromatic nitrogens is 1. The number of hydrogen-bond acceptors (Lipinski definition) is 2. The molecule has 2 nitrogen and oxygen atoms in total. The third-order valence-electron chi connectivity index (χ3n) is 2.82. The number of benzene rings is 1. The van der Waals surface area contributed by atoms with Gasteiger partial charge in [0.1, 0.15) is 11.6 Å². The Hall–Kier alpha value is -1.16. The lowest BCUT2D eigenvalue weighted by atomic mass is 10.1. The number of rotatable bonds is 4. The molecule has 18 heavy (non-hydrogen) atoms. The van der Waals surface area contributed by atoms with E-state index in [1.54, 1.807) is 6.07 Å². The molecule has 0 atom stereocenters. The van der Waals surface area contributed by atoms with E-state index in [9.17, 15) is 4.39 Å². The summed E-state index contributed by atoms with van der Waals surface area (Å²) >= 11 is 3.42. The summed E-state index contributed by atoms with van der Waals surface area (Å²) in [6.45, 7) is 4.95. The average Bonchev–Trinajstić information content (AvgIpc) is 2.36. The lowest BCUT2D eigenvalue weighted by molar-refractivity contribution is 0.639. The van der Waals surface area contributed by atoms with Crippen LogP contribution in [0.4, 0.5) is 10.2 Å². The number of halogens is 2. The molecule has 0 aliphatic carbocycles. The minimum Gasteiger partial charge on any atom is -0.370 e. The molecule has 0 unspecified atom stereocenters. The van der Waals surface area contributed by atoms with Crippen molar-refractivity contribution in [2.45, 2.75) is 26.7 Å². The van der Waals surface area contributed by atoms with Crippen LogP contribution in [-0.4, -0.2) is 11.5 Å². The van der Waals surface area contributed by atoms with Crippen LogP contribution in [0.15, 0.2) is 22.7 Å². The van der Waals surface area contributed by atoms with Gasteiger partial charge < -0.3 is 5.32 Å². The molecule has 0 aliphatic heterocycles. The SMILES string of the molecule is CCCc1cc2c(F)ccc(Br)c2nc1NCC. The Morgan fingerprint density at radius 1 is 1.33 bits per heavy atom. The van der Waals surface area contributed by atoms with Crippen LogP contribution in [0.3, 0.4) is 0 Å². The first-order chi connectivity index (χ1) is 8.67. The minimum atomic E-state index is -0.221. The normalized spacial score (nSPS) is 10.9. The number of anilines is 1. The predicted octanol–water partition coefficient (Wildman–Crippen LogP) is 4.52. The van der Waals surface area contributed by atoms with Crippen LogP contribution in [0.5, 0.6) is 0 Å². The van der Waals surface area contributed by atoms with E-state index in [2.05, 4.69) is 33.2 Å². The highest BCUT2D eigenvalue weighted by Crippen LogP contribution is 2.29. The Balaban J connectivity index is 2.67. The van der Waals surface area contributed by atoms with Crippen molar-refractivity contribution in [3.05, 3.63) is 34.1 Å². The molecule has 0 amide bonds. The van der Waals surface area contributed by atoms with Crippen LogP contribution in [0.2, 0.25) is 0 Å². The summed E-state index contributed by atoms with van der Waals surface area (Å²) in [6.07, 6.45) is 1.92. The van der Waals surface area contributed by atoms with E-state index in [4.69, 9.17) is 0 Å². The fourth-order valence-electron chi connectivity index (χ4n) is 2.01. The van der Waals surface area contributed by atoms with Gasteiger partial charge in [-0.3, -0.25) is 0 Å². The number of nitrogens with one attached hydrogen (secondary N) is 1. The van der Waals surface area contributed by atoms with Crippen LogP contribution in [0.1, 0.15) is 25.8 Å². The largest absolute Gasteiger partial charge is 0.370 e. The van der Waals surface area contributed by atoms with Crippen molar-refractivity contribution in [1.82, 2.24) is 4.98 Å². The molecule has 0 aliphatic rings. The quantitative estimate of drug-likeness (QED) is 0.898. The van der Waals surface area contributed by atoms with Crippen LogP contribution in [0, 0.1) is 5.82 Å². The first-order valence-corrected chi connectivity index (χ1v) is 6.98. The molecule has 1 aromatic heterocycles. The molecule has 0 radical (unpaired) electrons. The molecule has 1 heterocycles. The second-order valence-corrected chi connectivity index (χ2v) is 5.06. The highest BCUT2D eigenvalue weighted by Gasteiger charge is 2.11. The standard InChI is InChI=1S/C14H16BrFN2/c1-3-5-9-8-10-12(16)7-6-11(15)13(10)18-14(9)17-4-2/h6-8H,3-5H2,1-2H3,(H,17,18). The fraction of sp³-hybridized carbons (Fsp3) is 0.357. The molecule has 1 aromatic carbocycles. The fourth-order valence-corrected chi connectivity index (χ4v) is 2.45. The minimum absolute atomic E-state index is 0.221. The van der Waals surface area contributed by atoms with E-state index in [1.165, 1.54) is 6.07 Å². The van der Waals surface area contributed by atoms with E-state index in [-0.39, 0.29) is 5.82 Å². The Morgan fingerprint density at radius 2 is 2.11 bits per heavy atom. The second kappa shape index (κ2) is 5.65. The first-order valence-electron chi connectivity index (χ1n) is 6.18. The highest BCUT2D eigenvalue weighted by atomic mass is 79.9. The maximum atomic E-state index is 13.8. The number of hydrogen-bond donors (Lipinski definition) is 1. The Bertz CT molecular complexity index is 519. The van der Waals surface area contributed by atoms with E-state index in [1.807, 2.05) is 13.0 Å². The zero-order chi connectivity index (χ0) is 13.1. The summed E-state index contributed by atoms with van der Waals surface area (Å²) in [4.78, 5) is 4.55. The molecule has 4 heteroatoms. The van der Waals surface area contributed by atoms with Gasteiger partial charge in [-0.15, -0.1) is 0 Å². The van der Waals surface area contributed by atoms with E-state index < -0.39 is 0 Å². The van der Waals surface area contributed by atoms with Crippen molar-refractivity contribution < 1.29 is 4.39 Å². The summed E-state index contributed by atoms with van der Waals surface area (Å²) in [5.41, 5.74) is 1.75. The summed E-state index contributed by atoms with van der Waals surface area (Å²) in [6, 6.07) is 5.07. The number of fused-ring (bicyclic) bond motifs is 1. The maximum absolute atomic E-state index is 13.8. The van der Waals surface area contributed by atoms with Gasteiger partial charge in [-0.25, -0.2) is 9.37 Å². The summed E-state index contributed by atoms with van der Waals surface area (Å²) in [5.74, 6) is 0.638. The van der Waals surface area contributed by atoms with Crippen LogP contribution < -0.4 is 5.32 Å². The monoisotopic (exact) mass is 310 g/mol. The van der Waals surface area contributed by atoms with Gasteiger partial charge in [0.25, 0.3) is 0 Å². The molecule has 96 valence electrons. The third-order valence-corrected chi connectivity index (χ3v) is 3.46. The molecule has 2 aromatic rings. The molecule has 0 saturated heterocycles. The van der Waals surface area contributed by atoms with Gasteiger partial charge in [-0.2, -0.15) is 0 Å². The van der Waals surface area contributed by atoms with E-state index in [0.717, 1.165) is 35.2 Å². The van der Waals surface area contributed by atoms with E-state index >= 15 is 0 Å². The number of pyridine rings is 1. The van der Waals surface area contributed by atoms with Crippen LogP contribution in [-0.2, 0) is 6.42 Å². The van der Waals surface area contributed by atoms with Crippen molar-refractivity contribution in [2.24, 2.45) is 0 Å². The molecule has 0 bridgehead atoms. The van der Waals surface area contributed by atoms with Gasteiger partial charge in [-0.1, -0.05) is 13.3 Å². The Labute approximate surface area is 115 Å². The molecule has 0 saturated carbocycles. The summed E-state index contributed by atoms with van der Waals surface area (Å²) < 4.78 is 14.6. The predicted molar refractivity (Wildman–Crippen MR) is 77.6 cm³/mol. The highest BCUT2D eigenvalue weighted by molar-refractivity contribution is 9.10. The third kappa shape index (κ3) is 2.48. The first kappa shape index (κ1) is 13.3. The molecular weight excluding hydrogens is 295 g/mol. The van der Waals surface area contributed by atoms with Gasteiger partial charge in [0, 0.05) is 16.4 Å². The van der Waals surface area contributed by atoms with Crippen molar-refractivity contribution >= 4 is 32.7 Å². The number of aryl methyl sites for hydroxylation is 1. The molecule has 2 rings (SSSR count). The van der Waals surface area contributed by atoms with Gasteiger partial charge in [-0.05, 0) is 53.0 Å². The zero-order valence-corrected chi connectivity index (χ0v) is 12.1. The van der Waals surface area contributed by atoms with Crippen molar-refractivity contribution in [3.63, 3.8) is 0 Å². The lowest BCUT2D eigenvalue weighted by Gasteiger charge is -2.12. The molecule has 1 N–H and O–H groups in total. The van der Waals surface area contributed by atoms with Gasteiger partial charge in [0.05, 0.1) is 5.52 Å². The van der Waals surface area contributed by atoms with Gasteiger partial charge >= 0.3 is 0 Å². The topological polar surface area (TPSA) is 24.9 Å². The molecular formula is C14H16BrFN2. The zero-order valence-electron chi connectivity index (χ0n) is 10.6. The molecule has 0 spiro atoms. The number of nitrogens with zero attached hydrogens (tertiary/aromatic N) is 1.